The highest BCUT2D eigenvalue weighted by molar-refractivity contribution is 5.86. The van der Waals surface area contributed by atoms with Crippen LogP contribution < -0.4 is 15.8 Å². The number of benzene rings is 1. The van der Waals surface area contributed by atoms with Crippen molar-refractivity contribution in [1.29, 1.82) is 0 Å². The summed E-state index contributed by atoms with van der Waals surface area (Å²) in [6.45, 7) is 1.93. The first-order valence-corrected chi connectivity index (χ1v) is 10.7. The summed E-state index contributed by atoms with van der Waals surface area (Å²) >= 11 is 0. The molecule has 33 heavy (non-hydrogen) atoms. The van der Waals surface area contributed by atoms with Gasteiger partial charge in [-0.2, -0.15) is 0 Å². The van der Waals surface area contributed by atoms with Crippen molar-refractivity contribution in [2.75, 3.05) is 12.3 Å². The van der Waals surface area contributed by atoms with Gasteiger partial charge in [0.25, 0.3) is 5.92 Å². The van der Waals surface area contributed by atoms with Crippen molar-refractivity contribution in [3.05, 3.63) is 47.2 Å². The summed E-state index contributed by atoms with van der Waals surface area (Å²) in [5.41, 5.74) is 7.29. The molecule has 5 rings (SSSR count). The predicted octanol–water partition coefficient (Wildman–Crippen LogP) is 2.02. The lowest BCUT2D eigenvalue weighted by Crippen LogP contribution is -2.35. The van der Waals surface area contributed by atoms with Gasteiger partial charge in [0.05, 0.1) is 11.4 Å². The molecule has 11 heteroatoms. The fraction of sp³-hybridized carbons (Fsp3) is 0.455. The summed E-state index contributed by atoms with van der Waals surface area (Å²) in [5, 5.41) is 24.7. The van der Waals surface area contributed by atoms with Crippen LogP contribution >= 0.6 is 0 Å². The van der Waals surface area contributed by atoms with Crippen molar-refractivity contribution in [2.24, 2.45) is 0 Å². The maximum absolute atomic E-state index is 14.5. The van der Waals surface area contributed by atoms with E-state index >= 15 is 0 Å². The van der Waals surface area contributed by atoms with E-state index in [2.05, 4.69) is 15.3 Å². The Kier molecular flexibility index (Phi) is 5.22. The summed E-state index contributed by atoms with van der Waals surface area (Å²) in [4.78, 5) is 7.87. The molecule has 3 aromatic rings. The Labute approximate surface area is 187 Å². The summed E-state index contributed by atoms with van der Waals surface area (Å²) < 4.78 is 50.2. The Morgan fingerprint density at radius 3 is 2.79 bits per heavy atom. The van der Waals surface area contributed by atoms with Crippen molar-refractivity contribution in [2.45, 2.75) is 56.6 Å². The molecule has 1 fully saturated rings. The fourth-order valence-electron chi connectivity index (χ4n) is 4.76. The number of nitrogens with one attached hydrogen (secondary N) is 1. The van der Waals surface area contributed by atoms with E-state index in [0.717, 1.165) is 24.2 Å². The average Bonchev–Trinajstić information content (AvgIpc) is 3.25. The number of halogens is 3. The molecule has 4 atom stereocenters. The first kappa shape index (κ1) is 21.9. The lowest BCUT2D eigenvalue weighted by Gasteiger charge is -2.26. The van der Waals surface area contributed by atoms with E-state index in [-0.39, 0.29) is 34.6 Å². The second-order valence-corrected chi connectivity index (χ2v) is 8.71. The van der Waals surface area contributed by atoms with Gasteiger partial charge in [0.2, 0.25) is 0 Å². The molecule has 2 aliphatic rings. The van der Waals surface area contributed by atoms with Crippen LogP contribution in [-0.2, 0) is 18.9 Å². The zero-order valence-corrected chi connectivity index (χ0v) is 17.8. The monoisotopic (exact) mass is 463 g/mol. The minimum Gasteiger partial charge on any atom is -0.487 e. The summed E-state index contributed by atoms with van der Waals surface area (Å²) in [7, 11) is 0. The molecule has 1 aliphatic heterocycles. The van der Waals surface area contributed by atoms with Crippen molar-refractivity contribution >= 4 is 16.9 Å². The van der Waals surface area contributed by atoms with E-state index in [1.54, 1.807) is 0 Å². The van der Waals surface area contributed by atoms with Gasteiger partial charge in [-0.05, 0) is 30.7 Å². The second kappa shape index (κ2) is 7.86. The number of ether oxygens (including phenoxy) is 1. The fourth-order valence-corrected chi connectivity index (χ4v) is 4.76. The van der Waals surface area contributed by atoms with Crippen LogP contribution in [0.25, 0.3) is 11.0 Å². The van der Waals surface area contributed by atoms with Gasteiger partial charge in [0, 0.05) is 37.2 Å². The topological polar surface area (TPSA) is 118 Å². The predicted molar refractivity (Wildman–Crippen MR) is 113 cm³/mol. The minimum absolute atomic E-state index is 0.0292. The second-order valence-electron chi connectivity index (χ2n) is 8.71. The smallest absolute Gasteiger partial charge is 0.270 e. The molecule has 0 spiro atoms. The Hall–Kier alpha value is -2.89. The summed E-state index contributed by atoms with van der Waals surface area (Å²) in [6.07, 6.45) is -0.512. The molecule has 8 nitrogen and oxygen atoms in total. The number of aliphatic hydroxyl groups is 2. The number of aromatic nitrogens is 3. The summed E-state index contributed by atoms with van der Waals surface area (Å²) in [6, 6.07) is 2.01. The number of fused-ring (bicyclic) bond motifs is 2. The number of anilines is 1. The molecule has 176 valence electrons. The Morgan fingerprint density at radius 2 is 2.03 bits per heavy atom. The number of nitrogens with zero attached hydrogens (tertiary/aromatic N) is 3. The number of nitrogens with two attached hydrogens (primary N) is 1. The highest BCUT2D eigenvalue weighted by Crippen LogP contribution is 2.40. The number of aliphatic hydroxyl groups excluding tert-OH is 2. The normalized spacial score (nSPS) is 25.4. The third-order valence-corrected chi connectivity index (χ3v) is 6.51. The number of alkyl halides is 2. The zero-order valence-electron chi connectivity index (χ0n) is 17.8. The number of hydrogen-bond donors (Lipinski definition) is 4. The minimum atomic E-state index is -3.06. The van der Waals surface area contributed by atoms with Gasteiger partial charge in [-0.1, -0.05) is 0 Å². The molecule has 0 bridgehead atoms. The van der Waals surface area contributed by atoms with Gasteiger partial charge < -0.3 is 30.6 Å². The van der Waals surface area contributed by atoms with Crippen LogP contribution in [0, 0.1) is 5.82 Å². The first-order valence-electron chi connectivity index (χ1n) is 10.7. The number of rotatable bonds is 4. The van der Waals surface area contributed by atoms with E-state index in [0.29, 0.717) is 19.5 Å². The van der Waals surface area contributed by atoms with E-state index < -0.39 is 36.1 Å². The maximum atomic E-state index is 14.5. The molecule has 5 N–H and O–H groups in total. The molecule has 4 unspecified atom stereocenters. The van der Waals surface area contributed by atoms with Crippen LogP contribution in [0.3, 0.4) is 0 Å². The molecule has 1 aromatic carbocycles. The highest BCUT2D eigenvalue weighted by Gasteiger charge is 2.45. The van der Waals surface area contributed by atoms with Gasteiger partial charge in [-0.3, -0.25) is 0 Å². The van der Waals surface area contributed by atoms with Gasteiger partial charge in [0.1, 0.15) is 41.9 Å². The van der Waals surface area contributed by atoms with Gasteiger partial charge in [0.15, 0.2) is 5.82 Å². The molecule has 0 saturated heterocycles. The SMILES string of the molecule is CC(F)(F)c1cc2c(c(OC3CC(n4cc(F)c5c(N)ncnc54)C(O)C3O)c1)CNCC2. The highest BCUT2D eigenvalue weighted by atomic mass is 19.3. The van der Waals surface area contributed by atoms with Crippen LogP contribution in [0.5, 0.6) is 5.75 Å². The van der Waals surface area contributed by atoms with Crippen molar-refractivity contribution in [3.63, 3.8) is 0 Å². The standard InChI is InChI=1S/C22H24F3N5O3/c1-22(24,25)11-4-10-2-3-27-7-12(10)15(5-11)33-16-6-14(18(31)19(16)32)30-8-13(23)17-20(26)28-9-29-21(17)30/h4-5,8-9,14,16,18-19,27,31-32H,2-3,6-7H2,1H3,(H2,26,28,29). The van der Waals surface area contributed by atoms with Crippen LogP contribution in [-0.4, -0.2) is 49.6 Å². The quantitative estimate of drug-likeness (QED) is 0.468. The molecule has 3 heterocycles. The van der Waals surface area contributed by atoms with Crippen LogP contribution in [0.1, 0.15) is 36.1 Å². The van der Waals surface area contributed by atoms with Crippen molar-refractivity contribution in [1.82, 2.24) is 19.9 Å². The molecular weight excluding hydrogens is 439 g/mol. The average molecular weight is 463 g/mol. The van der Waals surface area contributed by atoms with Gasteiger partial charge in [-0.25, -0.2) is 23.1 Å². The van der Waals surface area contributed by atoms with E-state index in [1.807, 2.05) is 0 Å². The van der Waals surface area contributed by atoms with Gasteiger partial charge in [-0.15, -0.1) is 0 Å². The molecule has 0 radical (unpaired) electrons. The molecular formula is C22H24F3N5O3. The van der Waals surface area contributed by atoms with E-state index in [1.165, 1.54) is 23.0 Å². The molecule has 1 saturated carbocycles. The molecule has 0 amide bonds. The maximum Gasteiger partial charge on any atom is 0.270 e. The van der Waals surface area contributed by atoms with E-state index in [4.69, 9.17) is 10.5 Å². The Bertz CT molecular complexity index is 1210. The van der Waals surface area contributed by atoms with Gasteiger partial charge >= 0.3 is 0 Å². The van der Waals surface area contributed by atoms with Crippen LogP contribution in [0.4, 0.5) is 19.0 Å². The summed E-state index contributed by atoms with van der Waals surface area (Å²) in [5.74, 6) is -3.50. The van der Waals surface area contributed by atoms with Crippen LogP contribution in [0.15, 0.2) is 24.7 Å². The van der Waals surface area contributed by atoms with Crippen molar-refractivity contribution < 1.29 is 28.1 Å². The van der Waals surface area contributed by atoms with E-state index in [9.17, 15) is 23.4 Å². The van der Waals surface area contributed by atoms with Crippen LogP contribution in [0.2, 0.25) is 0 Å². The lowest BCUT2D eigenvalue weighted by atomic mass is 9.95. The number of nitrogen functional groups attached to an aromatic ring is 1. The Morgan fingerprint density at radius 1 is 1.24 bits per heavy atom. The third-order valence-electron chi connectivity index (χ3n) is 6.51. The lowest BCUT2D eigenvalue weighted by molar-refractivity contribution is -0.0171. The number of hydrogen-bond acceptors (Lipinski definition) is 7. The third kappa shape index (κ3) is 3.69. The van der Waals surface area contributed by atoms with Crippen molar-refractivity contribution in [3.8, 4) is 5.75 Å². The largest absolute Gasteiger partial charge is 0.487 e. The Balaban J connectivity index is 1.49. The molecule has 2 aromatic heterocycles. The first-order chi connectivity index (χ1) is 15.6. The zero-order chi connectivity index (χ0) is 23.5. The molecule has 1 aliphatic carbocycles.